The number of nitrogens with one attached hydrogen (secondary N) is 2. The molecule has 0 aliphatic heterocycles. The van der Waals surface area contributed by atoms with Gasteiger partial charge in [-0.15, -0.1) is 0 Å². The van der Waals surface area contributed by atoms with Gasteiger partial charge < -0.3 is 16.4 Å². The smallest absolute Gasteiger partial charge is 0.231 e. The highest BCUT2D eigenvalue weighted by atomic mass is 19.1. The normalized spacial score (nSPS) is 16.5. The minimum atomic E-state index is -0.544. The van der Waals surface area contributed by atoms with Gasteiger partial charge in [0.05, 0.1) is 11.1 Å². The van der Waals surface area contributed by atoms with Gasteiger partial charge in [-0.05, 0) is 31.0 Å². The van der Waals surface area contributed by atoms with Crippen molar-refractivity contribution < 1.29 is 14.0 Å². The van der Waals surface area contributed by atoms with Crippen LogP contribution < -0.4 is 16.4 Å². The number of carbonyl (C=O) groups excluding carboxylic acids is 2. The average molecular weight is 293 g/mol. The summed E-state index contributed by atoms with van der Waals surface area (Å²) in [7, 11) is 0. The van der Waals surface area contributed by atoms with Gasteiger partial charge in [0.2, 0.25) is 11.8 Å². The molecule has 6 heteroatoms. The van der Waals surface area contributed by atoms with Crippen LogP contribution in [0.15, 0.2) is 18.2 Å². The molecular formula is C15H20FN3O2. The summed E-state index contributed by atoms with van der Waals surface area (Å²) in [4.78, 5) is 23.4. The van der Waals surface area contributed by atoms with Crippen LogP contribution in [0.5, 0.6) is 0 Å². The molecule has 21 heavy (non-hydrogen) atoms. The molecule has 1 aliphatic carbocycles. The molecule has 2 amide bonds. The van der Waals surface area contributed by atoms with Crippen LogP contribution in [0.1, 0.15) is 32.6 Å². The summed E-state index contributed by atoms with van der Waals surface area (Å²) < 4.78 is 13.6. The van der Waals surface area contributed by atoms with Crippen LogP contribution in [0.2, 0.25) is 0 Å². The number of carbonyl (C=O) groups is 2. The summed E-state index contributed by atoms with van der Waals surface area (Å²) in [6, 6.07) is 4.09. The Morgan fingerprint density at radius 1 is 1.29 bits per heavy atom. The molecule has 0 unspecified atom stereocenters. The number of halogens is 1. The van der Waals surface area contributed by atoms with E-state index in [1.54, 1.807) is 0 Å². The lowest BCUT2D eigenvalue weighted by molar-refractivity contribution is -0.124. The molecule has 1 aromatic rings. The molecule has 0 spiro atoms. The Kier molecular flexibility index (Phi) is 4.57. The van der Waals surface area contributed by atoms with E-state index in [1.165, 1.54) is 25.1 Å². The summed E-state index contributed by atoms with van der Waals surface area (Å²) in [6.45, 7) is 1.60. The first kappa shape index (κ1) is 15.4. The minimum absolute atomic E-state index is 0.0496. The SMILES string of the molecule is CC(=O)Nc1cc(NC(=O)C2(CN)CCCC2)ccc1F. The van der Waals surface area contributed by atoms with E-state index in [9.17, 15) is 14.0 Å². The van der Waals surface area contributed by atoms with E-state index in [1.807, 2.05) is 0 Å². The molecule has 0 bridgehead atoms. The fourth-order valence-corrected chi connectivity index (χ4v) is 2.73. The Morgan fingerprint density at radius 3 is 2.52 bits per heavy atom. The highest BCUT2D eigenvalue weighted by Gasteiger charge is 2.39. The third kappa shape index (κ3) is 3.39. The van der Waals surface area contributed by atoms with Crippen molar-refractivity contribution in [1.29, 1.82) is 0 Å². The van der Waals surface area contributed by atoms with Crippen molar-refractivity contribution in [3.63, 3.8) is 0 Å². The van der Waals surface area contributed by atoms with Gasteiger partial charge in [0.15, 0.2) is 0 Å². The summed E-state index contributed by atoms with van der Waals surface area (Å²) >= 11 is 0. The van der Waals surface area contributed by atoms with Crippen molar-refractivity contribution in [2.45, 2.75) is 32.6 Å². The Labute approximate surface area is 123 Å². The molecule has 1 aromatic carbocycles. The first-order valence-electron chi connectivity index (χ1n) is 7.05. The van der Waals surface area contributed by atoms with E-state index in [2.05, 4.69) is 10.6 Å². The maximum absolute atomic E-state index is 13.6. The highest BCUT2D eigenvalue weighted by Crippen LogP contribution is 2.38. The molecule has 1 aliphatic rings. The van der Waals surface area contributed by atoms with E-state index in [0.29, 0.717) is 12.2 Å². The van der Waals surface area contributed by atoms with Crippen molar-refractivity contribution in [3.05, 3.63) is 24.0 Å². The van der Waals surface area contributed by atoms with Gasteiger partial charge in [-0.1, -0.05) is 12.8 Å². The van der Waals surface area contributed by atoms with Crippen molar-refractivity contribution in [3.8, 4) is 0 Å². The zero-order valence-corrected chi connectivity index (χ0v) is 12.0. The largest absolute Gasteiger partial charge is 0.329 e. The van der Waals surface area contributed by atoms with Gasteiger partial charge in [0.1, 0.15) is 5.82 Å². The molecule has 4 N–H and O–H groups in total. The molecule has 0 aromatic heterocycles. The zero-order valence-electron chi connectivity index (χ0n) is 12.0. The lowest BCUT2D eigenvalue weighted by Crippen LogP contribution is -2.40. The lowest BCUT2D eigenvalue weighted by Gasteiger charge is -2.25. The van der Waals surface area contributed by atoms with E-state index in [0.717, 1.165) is 25.7 Å². The van der Waals surface area contributed by atoms with Crippen LogP contribution in [0.25, 0.3) is 0 Å². The third-order valence-corrected chi connectivity index (χ3v) is 3.97. The molecule has 0 radical (unpaired) electrons. The summed E-state index contributed by atoms with van der Waals surface area (Å²) in [6.07, 6.45) is 3.53. The summed E-state index contributed by atoms with van der Waals surface area (Å²) in [5.41, 5.74) is 5.74. The molecule has 114 valence electrons. The fraction of sp³-hybridized carbons (Fsp3) is 0.467. The second-order valence-corrected chi connectivity index (χ2v) is 5.52. The van der Waals surface area contributed by atoms with Crippen molar-refractivity contribution in [2.75, 3.05) is 17.2 Å². The van der Waals surface area contributed by atoms with E-state index >= 15 is 0 Å². The van der Waals surface area contributed by atoms with Gasteiger partial charge in [-0.2, -0.15) is 0 Å². The van der Waals surface area contributed by atoms with E-state index in [4.69, 9.17) is 5.73 Å². The number of hydrogen-bond donors (Lipinski definition) is 3. The Bertz CT molecular complexity index is 554. The number of amides is 2. The average Bonchev–Trinajstić information content (AvgIpc) is 2.92. The quantitative estimate of drug-likeness (QED) is 0.796. The van der Waals surface area contributed by atoms with Crippen LogP contribution in [0, 0.1) is 11.2 Å². The van der Waals surface area contributed by atoms with Crippen molar-refractivity contribution in [2.24, 2.45) is 11.1 Å². The molecule has 0 saturated heterocycles. The van der Waals surface area contributed by atoms with Gasteiger partial charge in [0.25, 0.3) is 0 Å². The molecule has 0 atom stereocenters. The van der Waals surface area contributed by atoms with Gasteiger partial charge >= 0.3 is 0 Å². The molecule has 2 rings (SSSR count). The van der Waals surface area contributed by atoms with E-state index < -0.39 is 11.2 Å². The Hall–Kier alpha value is -1.95. The second kappa shape index (κ2) is 6.22. The number of hydrogen-bond acceptors (Lipinski definition) is 3. The van der Waals surface area contributed by atoms with Crippen LogP contribution in [-0.2, 0) is 9.59 Å². The van der Waals surface area contributed by atoms with Crippen molar-refractivity contribution in [1.82, 2.24) is 0 Å². The molecule has 1 fully saturated rings. The molecule has 0 heterocycles. The number of nitrogens with two attached hydrogens (primary N) is 1. The molecule has 1 saturated carbocycles. The second-order valence-electron chi connectivity index (χ2n) is 5.52. The number of anilines is 2. The maximum atomic E-state index is 13.6. The predicted octanol–water partition coefficient (Wildman–Crippen LogP) is 2.24. The number of benzene rings is 1. The summed E-state index contributed by atoms with van der Waals surface area (Å²) in [5.74, 6) is -1.05. The molecular weight excluding hydrogens is 273 g/mol. The zero-order chi connectivity index (χ0) is 15.5. The Balaban J connectivity index is 2.15. The van der Waals surface area contributed by atoms with Gasteiger partial charge in [0, 0.05) is 19.2 Å². The Morgan fingerprint density at radius 2 is 1.95 bits per heavy atom. The topological polar surface area (TPSA) is 84.2 Å². The van der Waals surface area contributed by atoms with Gasteiger partial charge in [-0.25, -0.2) is 4.39 Å². The van der Waals surface area contributed by atoms with Crippen LogP contribution in [0.4, 0.5) is 15.8 Å². The van der Waals surface area contributed by atoms with Gasteiger partial charge in [-0.3, -0.25) is 9.59 Å². The van der Waals surface area contributed by atoms with Crippen LogP contribution in [0.3, 0.4) is 0 Å². The first-order chi connectivity index (χ1) is 9.97. The summed E-state index contributed by atoms with van der Waals surface area (Å²) in [5, 5.41) is 5.17. The third-order valence-electron chi connectivity index (χ3n) is 3.97. The predicted molar refractivity (Wildman–Crippen MR) is 79.3 cm³/mol. The fourth-order valence-electron chi connectivity index (χ4n) is 2.73. The minimum Gasteiger partial charge on any atom is -0.329 e. The maximum Gasteiger partial charge on any atom is 0.231 e. The lowest BCUT2D eigenvalue weighted by atomic mass is 9.85. The monoisotopic (exact) mass is 293 g/mol. The van der Waals surface area contributed by atoms with Crippen LogP contribution >= 0.6 is 0 Å². The highest BCUT2D eigenvalue weighted by molar-refractivity contribution is 5.97. The number of rotatable bonds is 4. The van der Waals surface area contributed by atoms with E-state index in [-0.39, 0.29) is 17.5 Å². The first-order valence-corrected chi connectivity index (χ1v) is 7.05. The molecule has 5 nitrogen and oxygen atoms in total. The van der Waals surface area contributed by atoms with Crippen LogP contribution in [-0.4, -0.2) is 18.4 Å². The standard InChI is InChI=1S/C15H20FN3O2/c1-10(20)18-13-8-11(4-5-12(13)16)19-14(21)15(9-17)6-2-3-7-15/h4-5,8H,2-3,6-7,9,17H2,1H3,(H,18,20)(H,19,21). The van der Waals surface area contributed by atoms with Crippen molar-refractivity contribution >= 4 is 23.2 Å².